The Labute approximate surface area is 116 Å². The lowest BCUT2D eigenvalue weighted by molar-refractivity contribution is -0.482. The molecule has 104 valence electrons. The Balaban J connectivity index is 2.29. The van der Waals surface area contributed by atoms with Crippen LogP contribution in [0.5, 0.6) is 0 Å². The number of nitro groups is 1. The van der Waals surface area contributed by atoms with E-state index in [2.05, 4.69) is 5.32 Å². The Morgan fingerprint density at radius 3 is 2.65 bits per heavy atom. The molecule has 0 amide bonds. The van der Waals surface area contributed by atoms with Crippen LogP contribution in [0.15, 0.2) is 48.5 Å². The van der Waals surface area contributed by atoms with E-state index in [0.29, 0.717) is 5.56 Å². The van der Waals surface area contributed by atoms with Crippen LogP contribution in [0, 0.1) is 22.9 Å². The second-order valence-electron chi connectivity index (χ2n) is 4.60. The fraction of sp³-hybridized carbons (Fsp3) is 0.200. The Bertz CT molecular complexity index is 616. The van der Waals surface area contributed by atoms with Crippen molar-refractivity contribution in [3.63, 3.8) is 0 Å². The zero-order chi connectivity index (χ0) is 14.5. The summed E-state index contributed by atoms with van der Waals surface area (Å²) in [5, 5.41) is 13.8. The number of hydrogen-bond donors (Lipinski definition) is 1. The Kier molecular flexibility index (Phi) is 4.30. The third-order valence-corrected chi connectivity index (χ3v) is 2.97. The van der Waals surface area contributed by atoms with E-state index < -0.39 is 16.8 Å². The molecule has 5 heteroatoms. The van der Waals surface area contributed by atoms with Crippen LogP contribution in [0.3, 0.4) is 0 Å². The van der Waals surface area contributed by atoms with Crippen molar-refractivity contribution in [1.82, 2.24) is 0 Å². The number of hydrogen-bond acceptors (Lipinski definition) is 3. The van der Waals surface area contributed by atoms with E-state index in [4.69, 9.17) is 0 Å². The highest BCUT2D eigenvalue weighted by atomic mass is 19.1. The van der Waals surface area contributed by atoms with Crippen LogP contribution in [0.4, 0.5) is 10.1 Å². The van der Waals surface area contributed by atoms with Gasteiger partial charge in [0, 0.05) is 16.2 Å². The van der Waals surface area contributed by atoms with Gasteiger partial charge < -0.3 is 5.32 Å². The fourth-order valence-electron chi connectivity index (χ4n) is 2.06. The summed E-state index contributed by atoms with van der Waals surface area (Å²) >= 11 is 0. The Morgan fingerprint density at radius 1 is 1.25 bits per heavy atom. The van der Waals surface area contributed by atoms with E-state index in [1.807, 2.05) is 25.1 Å². The molecule has 1 unspecified atom stereocenters. The molecule has 4 nitrogen and oxygen atoms in total. The lowest BCUT2D eigenvalue weighted by atomic mass is 10.1. The summed E-state index contributed by atoms with van der Waals surface area (Å²) in [6, 6.07) is 12.9. The molecule has 0 saturated carbocycles. The van der Waals surface area contributed by atoms with Gasteiger partial charge in [-0.25, -0.2) is 4.39 Å². The van der Waals surface area contributed by atoms with Gasteiger partial charge in [-0.3, -0.25) is 10.1 Å². The molecule has 1 N–H and O–H groups in total. The minimum Gasteiger partial charge on any atom is -0.372 e. The number of halogens is 1. The van der Waals surface area contributed by atoms with Crippen molar-refractivity contribution in [1.29, 1.82) is 0 Å². The number of rotatable bonds is 5. The maximum atomic E-state index is 13.8. The molecular formula is C15H15FN2O2. The lowest BCUT2D eigenvalue weighted by Gasteiger charge is -2.17. The molecule has 2 aromatic rings. The predicted octanol–water partition coefficient (Wildman–Crippen LogP) is 3.56. The molecule has 0 aromatic heterocycles. The molecule has 1 atom stereocenters. The normalized spacial score (nSPS) is 11.9. The van der Waals surface area contributed by atoms with Crippen LogP contribution in [-0.2, 0) is 0 Å². The van der Waals surface area contributed by atoms with Crippen LogP contribution in [0.1, 0.15) is 17.2 Å². The Morgan fingerprint density at radius 2 is 2.00 bits per heavy atom. The van der Waals surface area contributed by atoms with Crippen LogP contribution >= 0.6 is 0 Å². The molecule has 0 fully saturated rings. The molecule has 20 heavy (non-hydrogen) atoms. The standard InChI is InChI=1S/C15H15FN2O2/c1-11-5-4-6-12(9-11)17-15(10-18(19)20)13-7-2-3-8-14(13)16/h2-9,15,17H,10H2,1H3. The average molecular weight is 274 g/mol. The van der Waals surface area contributed by atoms with Crippen LogP contribution in [0.2, 0.25) is 0 Å². The van der Waals surface area contributed by atoms with Gasteiger partial charge in [-0.15, -0.1) is 0 Å². The van der Waals surface area contributed by atoms with Gasteiger partial charge in [0.25, 0.3) is 0 Å². The maximum absolute atomic E-state index is 13.8. The summed E-state index contributed by atoms with van der Waals surface area (Å²) < 4.78 is 13.8. The molecule has 0 heterocycles. The second kappa shape index (κ2) is 6.14. The first-order chi connectivity index (χ1) is 9.56. The molecular weight excluding hydrogens is 259 g/mol. The third-order valence-electron chi connectivity index (χ3n) is 2.97. The van der Waals surface area contributed by atoms with Crippen molar-refractivity contribution in [2.45, 2.75) is 13.0 Å². The van der Waals surface area contributed by atoms with Crippen LogP contribution in [0.25, 0.3) is 0 Å². The lowest BCUT2D eigenvalue weighted by Crippen LogP contribution is -2.21. The molecule has 0 bridgehead atoms. The highest BCUT2D eigenvalue weighted by Gasteiger charge is 2.20. The minimum atomic E-state index is -0.701. The second-order valence-corrected chi connectivity index (χ2v) is 4.60. The van der Waals surface area contributed by atoms with E-state index in [-0.39, 0.29) is 6.54 Å². The smallest absolute Gasteiger partial charge is 0.228 e. The predicted molar refractivity (Wildman–Crippen MR) is 75.8 cm³/mol. The van der Waals surface area contributed by atoms with Crippen molar-refractivity contribution in [2.75, 3.05) is 11.9 Å². The zero-order valence-corrected chi connectivity index (χ0v) is 11.0. The molecule has 0 radical (unpaired) electrons. The third kappa shape index (κ3) is 3.54. The summed E-state index contributed by atoms with van der Waals surface area (Å²) in [6.07, 6.45) is 0. The maximum Gasteiger partial charge on any atom is 0.228 e. The van der Waals surface area contributed by atoms with E-state index in [1.165, 1.54) is 6.07 Å². The average Bonchev–Trinajstić information content (AvgIpc) is 2.38. The summed E-state index contributed by atoms with van der Waals surface area (Å²) in [5.41, 5.74) is 2.06. The number of nitrogens with one attached hydrogen (secondary N) is 1. The van der Waals surface area contributed by atoms with Crippen LogP contribution < -0.4 is 5.32 Å². The van der Waals surface area contributed by atoms with Gasteiger partial charge in [-0.2, -0.15) is 0 Å². The highest BCUT2D eigenvalue weighted by Crippen LogP contribution is 2.22. The number of aryl methyl sites for hydroxylation is 1. The van der Waals surface area contributed by atoms with Gasteiger partial charge in [0.1, 0.15) is 11.9 Å². The van der Waals surface area contributed by atoms with E-state index in [9.17, 15) is 14.5 Å². The molecule has 2 rings (SSSR count). The first kappa shape index (κ1) is 14.0. The zero-order valence-electron chi connectivity index (χ0n) is 11.0. The van der Waals surface area contributed by atoms with Crippen molar-refractivity contribution < 1.29 is 9.31 Å². The molecule has 0 aliphatic carbocycles. The number of benzene rings is 2. The SMILES string of the molecule is Cc1cccc(NC(C[N+](=O)[O-])c2ccccc2F)c1. The molecule has 2 aromatic carbocycles. The number of anilines is 1. The van der Waals surface area contributed by atoms with Gasteiger partial charge in [0.05, 0.1) is 0 Å². The van der Waals surface area contributed by atoms with Gasteiger partial charge in [0.2, 0.25) is 6.54 Å². The molecule has 0 saturated heterocycles. The van der Waals surface area contributed by atoms with E-state index in [1.54, 1.807) is 24.3 Å². The van der Waals surface area contributed by atoms with Gasteiger partial charge >= 0.3 is 0 Å². The van der Waals surface area contributed by atoms with Crippen LogP contribution in [-0.4, -0.2) is 11.5 Å². The Hall–Kier alpha value is -2.43. The first-order valence-electron chi connectivity index (χ1n) is 6.25. The van der Waals surface area contributed by atoms with E-state index in [0.717, 1.165) is 11.3 Å². The van der Waals surface area contributed by atoms with Gasteiger partial charge in [-0.05, 0) is 30.7 Å². The monoisotopic (exact) mass is 274 g/mol. The van der Waals surface area contributed by atoms with Gasteiger partial charge in [-0.1, -0.05) is 30.3 Å². The highest BCUT2D eigenvalue weighted by molar-refractivity contribution is 5.47. The molecule has 0 aliphatic rings. The van der Waals surface area contributed by atoms with Crippen molar-refractivity contribution in [3.8, 4) is 0 Å². The topological polar surface area (TPSA) is 55.2 Å². The fourth-order valence-corrected chi connectivity index (χ4v) is 2.06. The van der Waals surface area contributed by atoms with Crippen molar-refractivity contribution >= 4 is 5.69 Å². The first-order valence-corrected chi connectivity index (χ1v) is 6.25. The number of nitrogens with zero attached hydrogens (tertiary/aromatic N) is 1. The summed E-state index contributed by atoms with van der Waals surface area (Å²) in [4.78, 5) is 10.4. The largest absolute Gasteiger partial charge is 0.372 e. The van der Waals surface area contributed by atoms with Crippen molar-refractivity contribution in [3.05, 3.63) is 75.6 Å². The summed E-state index contributed by atoms with van der Waals surface area (Å²) in [7, 11) is 0. The summed E-state index contributed by atoms with van der Waals surface area (Å²) in [5.74, 6) is -0.445. The summed E-state index contributed by atoms with van der Waals surface area (Å²) in [6.45, 7) is 1.55. The minimum absolute atomic E-state index is 0.297. The van der Waals surface area contributed by atoms with Crippen molar-refractivity contribution in [2.24, 2.45) is 0 Å². The molecule has 0 aliphatic heterocycles. The quantitative estimate of drug-likeness (QED) is 0.670. The van der Waals surface area contributed by atoms with E-state index >= 15 is 0 Å². The molecule has 0 spiro atoms. The van der Waals surface area contributed by atoms with Gasteiger partial charge in [0.15, 0.2) is 0 Å².